The molecule has 0 aliphatic carbocycles. The summed E-state index contributed by atoms with van der Waals surface area (Å²) in [5.74, 6) is 2.64. The van der Waals surface area contributed by atoms with Gasteiger partial charge in [0.15, 0.2) is 0 Å². The van der Waals surface area contributed by atoms with E-state index in [0.29, 0.717) is 11.7 Å². The van der Waals surface area contributed by atoms with Crippen LogP contribution in [-0.4, -0.2) is 46.5 Å². The second kappa shape index (κ2) is 7.13. The zero-order chi connectivity index (χ0) is 17.9. The Morgan fingerprint density at radius 2 is 1.81 bits per heavy atom. The number of hydrogen-bond acceptors (Lipinski definition) is 7. The van der Waals surface area contributed by atoms with E-state index in [1.54, 1.807) is 13.3 Å². The highest BCUT2D eigenvalue weighted by molar-refractivity contribution is 5.61. The van der Waals surface area contributed by atoms with Gasteiger partial charge in [-0.3, -0.25) is 0 Å². The molecule has 3 heterocycles. The Balaban J connectivity index is 1.50. The molecule has 1 aliphatic heterocycles. The molecule has 0 radical (unpaired) electrons. The van der Waals surface area contributed by atoms with Crippen molar-refractivity contribution in [3.05, 3.63) is 42.6 Å². The van der Waals surface area contributed by atoms with Gasteiger partial charge in [-0.05, 0) is 49.2 Å². The fourth-order valence-electron chi connectivity index (χ4n) is 2.99. The quantitative estimate of drug-likeness (QED) is 0.773. The van der Waals surface area contributed by atoms with E-state index in [1.165, 1.54) is 0 Å². The van der Waals surface area contributed by atoms with Crippen molar-refractivity contribution in [1.82, 2.24) is 15.1 Å². The van der Waals surface area contributed by atoms with Gasteiger partial charge >= 0.3 is 0 Å². The van der Waals surface area contributed by atoms with Gasteiger partial charge in [0.1, 0.15) is 11.6 Å². The number of rotatable bonds is 4. The van der Waals surface area contributed by atoms with Crippen LogP contribution >= 0.6 is 0 Å². The van der Waals surface area contributed by atoms with E-state index in [0.717, 1.165) is 48.6 Å². The highest BCUT2D eigenvalue weighted by Gasteiger charge is 2.18. The molecule has 0 amide bonds. The minimum Gasteiger partial charge on any atom is -0.497 e. The molecule has 7 nitrogen and oxygen atoms in total. The van der Waals surface area contributed by atoms with Crippen LogP contribution in [0.25, 0.3) is 22.8 Å². The lowest BCUT2D eigenvalue weighted by Crippen LogP contribution is -2.36. The molecule has 134 valence electrons. The standard InChI is InChI=1S/C19H20N4O3/c1-25-16-5-2-13(3-6-16)18-21-19(26-22-18)14-4-7-17(20-12-14)23-10-8-15(24)9-11-23/h2-7,12,15,24H,8-11H2,1H3. The van der Waals surface area contributed by atoms with Gasteiger partial charge in [0.05, 0.1) is 18.8 Å². The Morgan fingerprint density at radius 1 is 1.08 bits per heavy atom. The number of aliphatic hydroxyl groups excluding tert-OH is 1. The van der Waals surface area contributed by atoms with Crippen LogP contribution in [0.4, 0.5) is 5.82 Å². The van der Waals surface area contributed by atoms with Crippen LogP contribution in [0, 0.1) is 0 Å². The fourth-order valence-corrected chi connectivity index (χ4v) is 2.99. The maximum Gasteiger partial charge on any atom is 0.259 e. The summed E-state index contributed by atoms with van der Waals surface area (Å²) in [6.07, 6.45) is 3.10. The number of aliphatic hydroxyl groups is 1. The van der Waals surface area contributed by atoms with E-state index in [-0.39, 0.29) is 6.10 Å². The van der Waals surface area contributed by atoms with Gasteiger partial charge in [0.25, 0.3) is 5.89 Å². The molecule has 0 unspecified atom stereocenters. The van der Waals surface area contributed by atoms with Gasteiger partial charge in [-0.1, -0.05) is 5.16 Å². The molecule has 1 aromatic carbocycles. The summed E-state index contributed by atoms with van der Waals surface area (Å²) in [5.41, 5.74) is 1.63. The van der Waals surface area contributed by atoms with Crippen molar-refractivity contribution in [3.8, 4) is 28.6 Å². The highest BCUT2D eigenvalue weighted by Crippen LogP contribution is 2.25. The van der Waals surface area contributed by atoms with Gasteiger partial charge in [-0.15, -0.1) is 0 Å². The Morgan fingerprint density at radius 3 is 2.46 bits per heavy atom. The zero-order valence-electron chi connectivity index (χ0n) is 14.5. The molecule has 0 atom stereocenters. The normalized spacial score (nSPS) is 15.2. The van der Waals surface area contributed by atoms with E-state index in [4.69, 9.17) is 9.26 Å². The molecular formula is C19H20N4O3. The first-order valence-corrected chi connectivity index (χ1v) is 8.60. The van der Waals surface area contributed by atoms with E-state index in [2.05, 4.69) is 20.0 Å². The van der Waals surface area contributed by atoms with E-state index in [9.17, 15) is 5.11 Å². The minimum atomic E-state index is -0.194. The Kier molecular flexibility index (Phi) is 4.53. The molecule has 2 aromatic heterocycles. The first-order chi connectivity index (χ1) is 12.7. The molecule has 1 fully saturated rings. The first-order valence-electron chi connectivity index (χ1n) is 8.60. The van der Waals surface area contributed by atoms with E-state index >= 15 is 0 Å². The predicted molar refractivity (Wildman–Crippen MR) is 97.0 cm³/mol. The SMILES string of the molecule is COc1ccc(-c2noc(-c3ccc(N4CCC(O)CC4)nc3)n2)cc1. The molecule has 26 heavy (non-hydrogen) atoms. The molecule has 7 heteroatoms. The number of ether oxygens (including phenoxy) is 1. The molecule has 0 spiro atoms. The number of piperidine rings is 1. The summed E-state index contributed by atoms with van der Waals surface area (Å²) in [6, 6.07) is 11.4. The average molecular weight is 352 g/mol. The molecular weight excluding hydrogens is 332 g/mol. The number of aromatic nitrogens is 3. The van der Waals surface area contributed by atoms with Crippen molar-refractivity contribution in [3.63, 3.8) is 0 Å². The first kappa shape index (κ1) is 16.5. The van der Waals surface area contributed by atoms with Crippen molar-refractivity contribution < 1.29 is 14.4 Å². The van der Waals surface area contributed by atoms with Crippen LogP contribution in [0.2, 0.25) is 0 Å². The molecule has 3 aromatic rings. The van der Waals surface area contributed by atoms with Crippen LogP contribution in [0.5, 0.6) is 5.75 Å². The topological polar surface area (TPSA) is 84.5 Å². The lowest BCUT2D eigenvalue weighted by molar-refractivity contribution is 0.145. The maximum atomic E-state index is 9.61. The zero-order valence-corrected chi connectivity index (χ0v) is 14.5. The lowest BCUT2D eigenvalue weighted by Gasteiger charge is -2.30. The molecule has 1 N–H and O–H groups in total. The summed E-state index contributed by atoms with van der Waals surface area (Å²) >= 11 is 0. The van der Waals surface area contributed by atoms with E-state index in [1.807, 2.05) is 36.4 Å². The highest BCUT2D eigenvalue weighted by atomic mass is 16.5. The van der Waals surface area contributed by atoms with Gasteiger partial charge in [0, 0.05) is 24.8 Å². The average Bonchev–Trinajstić information content (AvgIpc) is 3.19. The van der Waals surface area contributed by atoms with Crippen molar-refractivity contribution in [2.24, 2.45) is 0 Å². The van der Waals surface area contributed by atoms with Gasteiger partial charge < -0.3 is 19.3 Å². The van der Waals surface area contributed by atoms with Crippen molar-refractivity contribution in [1.29, 1.82) is 0 Å². The molecule has 1 aliphatic rings. The third-order valence-electron chi connectivity index (χ3n) is 4.56. The third-order valence-corrected chi connectivity index (χ3v) is 4.56. The summed E-state index contributed by atoms with van der Waals surface area (Å²) < 4.78 is 10.5. The second-order valence-corrected chi connectivity index (χ2v) is 6.27. The summed E-state index contributed by atoms with van der Waals surface area (Å²) in [6.45, 7) is 1.63. The molecule has 4 rings (SSSR count). The third kappa shape index (κ3) is 3.39. The Labute approximate surface area is 151 Å². The van der Waals surface area contributed by atoms with Gasteiger partial charge in [-0.25, -0.2) is 4.98 Å². The molecule has 0 saturated carbocycles. The number of methoxy groups -OCH3 is 1. The number of benzene rings is 1. The number of hydrogen-bond donors (Lipinski definition) is 1. The van der Waals surface area contributed by atoms with Gasteiger partial charge in [0.2, 0.25) is 5.82 Å². The molecule has 0 bridgehead atoms. The smallest absolute Gasteiger partial charge is 0.259 e. The minimum absolute atomic E-state index is 0.194. The van der Waals surface area contributed by atoms with Crippen LogP contribution in [-0.2, 0) is 0 Å². The maximum absolute atomic E-state index is 9.61. The number of anilines is 1. The summed E-state index contributed by atoms with van der Waals surface area (Å²) in [7, 11) is 1.63. The van der Waals surface area contributed by atoms with Crippen molar-refractivity contribution in [2.75, 3.05) is 25.1 Å². The second-order valence-electron chi connectivity index (χ2n) is 6.27. The monoisotopic (exact) mass is 352 g/mol. The Bertz CT molecular complexity index is 853. The van der Waals surface area contributed by atoms with Crippen LogP contribution in [0.15, 0.2) is 47.1 Å². The van der Waals surface area contributed by atoms with E-state index < -0.39 is 0 Å². The lowest BCUT2D eigenvalue weighted by atomic mass is 10.1. The largest absolute Gasteiger partial charge is 0.497 e. The number of nitrogens with zero attached hydrogens (tertiary/aromatic N) is 4. The summed E-state index contributed by atoms with van der Waals surface area (Å²) in [5, 5.41) is 13.7. The van der Waals surface area contributed by atoms with Crippen LogP contribution in [0.3, 0.4) is 0 Å². The fraction of sp³-hybridized carbons (Fsp3) is 0.316. The predicted octanol–water partition coefficient (Wildman–Crippen LogP) is 2.77. The van der Waals surface area contributed by atoms with Crippen molar-refractivity contribution >= 4 is 5.82 Å². The Hall–Kier alpha value is -2.93. The molecule has 1 saturated heterocycles. The van der Waals surface area contributed by atoms with Gasteiger partial charge in [-0.2, -0.15) is 4.98 Å². The summed E-state index contributed by atoms with van der Waals surface area (Å²) in [4.78, 5) is 11.1. The number of pyridine rings is 1. The van der Waals surface area contributed by atoms with Crippen LogP contribution < -0.4 is 9.64 Å². The van der Waals surface area contributed by atoms with Crippen LogP contribution in [0.1, 0.15) is 12.8 Å². The van der Waals surface area contributed by atoms with Crippen molar-refractivity contribution in [2.45, 2.75) is 18.9 Å².